The molecule has 0 bridgehead atoms. The predicted molar refractivity (Wildman–Crippen MR) is 92.6 cm³/mol. The predicted octanol–water partition coefficient (Wildman–Crippen LogP) is 2.18. The molecule has 1 atom stereocenters. The lowest BCUT2D eigenvalue weighted by Crippen LogP contribution is -2.28. The molecule has 2 aromatic rings. The lowest BCUT2D eigenvalue weighted by molar-refractivity contribution is -0.122. The lowest BCUT2D eigenvalue weighted by atomic mass is 10.1. The zero-order valence-electron chi connectivity index (χ0n) is 13.8. The van der Waals surface area contributed by atoms with Crippen molar-refractivity contribution < 1.29 is 19.4 Å². The highest BCUT2D eigenvalue weighted by Crippen LogP contribution is 2.33. The van der Waals surface area contributed by atoms with Crippen molar-refractivity contribution in [3.8, 4) is 11.5 Å². The van der Waals surface area contributed by atoms with Crippen LogP contribution >= 0.6 is 0 Å². The lowest BCUT2D eigenvalue weighted by Gasteiger charge is -2.20. The number of carbonyl (C=O) groups is 2. The van der Waals surface area contributed by atoms with Crippen LogP contribution in [0.15, 0.2) is 42.6 Å². The van der Waals surface area contributed by atoms with Crippen molar-refractivity contribution in [1.29, 1.82) is 0 Å². The molecule has 1 aromatic heterocycles. The minimum Gasteiger partial charge on any atom is -0.504 e. The first-order valence-electron chi connectivity index (χ1n) is 8.07. The number of nitrogens with one attached hydrogen (secondary N) is 1. The number of amides is 2. The Bertz CT molecular complexity index is 793. The highest BCUT2D eigenvalue weighted by atomic mass is 16.5. The van der Waals surface area contributed by atoms with Crippen LogP contribution in [0.4, 0.5) is 11.5 Å². The molecule has 0 aliphatic carbocycles. The zero-order valence-corrected chi connectivity index (χ0v) is 13.8. The van der Waals surface area contributed by atoms with Crippen LogP contribution in [-0.4, -0.2) is 35.1 Å². The van der Waals surface area contributed by atoms with Crippen molar-refractivity contribution in [2.75, 3.05) is 23.4 Å². The summed E-state index contributed by atoms with van der Waals surface area (Å²) in [5.74, 6) is -0.423. The first-order chi connectivity index (χ1) is 12.1. The summed E-state index contributed by atoms with van der Waals surface area (Å²) >= 11 is 0. The average Bonchev–Trinajstić information content (AvgIpc) is 2.99. The van der Waals surface area contributed by atoms with Gasteiger partial charge >= 0.3 is 0 Å². The summed E-state index contributed by atoms with van der Waals surface area (Å²) < 4.78 is 5.57. The Kier molecular flexibility index (Phi) is 4.83. The SMILES string of the molecule is CCOc1ccccc1N1C[C@H](C(=O)Nc2ncccc2O)CC1=O. The summed E-state index contributed by atoms with van der Waals surface area (Å²) in [6.45, 7) is 2.61. The first kappa shape index (κ1) is 16.8. The molecule has 1 saturated heterocycles. The third-order valence-corrected chi connectivity index (χ3v) is 3.98. The van der Waals surface area contributed by atoms with E-state index >= 15 is 0 Å². The Hall–Kier alpha value is -3.09. The Balaban J connectivity index is 1.74. The molecule has 7 nitrogen and oxygen atoms in total. The number of hydrogen-bond donors (Lipinski definition) is 2. The van der Waals surface area contributed by atoms with Crippen LogP contribution in [0.1, 0.15) is 13.3 Å². The smallest absolute Gasteiger partial charge is 0.231 e. The van der Waals surface area contributed by atoms with Gasteiger partial charge in [0, 0.05) is 19.2 Å². The highest BCUT2D eigenvalue weighted by molar-refractivity contribution is 6.04. The van der Waals surface area contributed by atoms with Crippen molar-refractivity contribution in [2.24, 2.45) is 5.92 Å². The third-order valence-electron chi connectivity index (χ3n) is 3.98. The van der Waals surface area contributed by atoms with Gasteiger partial charge in [0.05, 0.1) is 18.2 Å². The van der Waals surface area contributed by atoms with Gasteiger partial charge in [0.1, 0.15) is 5.75 Å². The number of ether oxygens (including phenoxy) is 1. The minimum atomic E-state index is -0.524. The molecule has 0 saturated carbocycles. The second kappa shape index (κ2) is 7.21. The number of carbonyl (C=O) groups excluding carboxylic acids is 2. The number of aromatic hydroxyl groups is 1. The molecular formula is C18H19N3O4. The van der Waals surface area contributed by atoms with E-state index in [-0.39, 0.29) is 36.3 Å². The van der Waals surface area contributed by atoms with Gasteiger partial charge in [-0.25, -0.2) is 4.98 Å². The molecule has 7 heteroatoms. The van der Waals surface area contributed by atoms with Gasteiger partial charge < -0.3 is 20.1 Å². The van der Waals surface area contributed by atoms with Crippen LogP contribution in [0.25, 0.3) is 0 Å². The maximum Gasteiger partial charge on any atom is 0.231 e. The largest absolute Gasteiger partial charge is 0.504 e. The van der Waals surface area contributed by atoms with Crippen LogP contribution in [0.5, 0.6) is 11.5 Å². The normalized spacial score (nSPS) is 16.8. The fourth-order valence-electron chi connectivity index (χ4n) is 2.79. The van der Waals surface area contributed by atoms with Gasteiger partial charge in [0.25, 0.3) is 0 Å². The topological polar surface area (TPSA) is 91.8 Å². The molecule has 0 radical (unpaired) electrons. The summed E-state index contributed by atoms with van der Waals surface area (Å²) in [7, 11) is 0. The van der Waals surface area contributed by atoms with E-state index in [4.69, 9.17) is 4.74 Å². The summed E-state index contributed by atoms with van der Waals surface area (Å²) in [5.41, 5.74) is 0.658. The maximum atomic E-state index is 12.4. The average molecular weight is 341 g/mol. The van der Waals surface area contributed by atoms with E-state index in [1.165, 1.54) is 12.3 Å². The Labute approximate surface area is 145 Å². The molecule has 2 N–H and O–H groups in total. The number of aromatic nitrogens is 1. The fourth-order valence-corrected chi connectivity index (χ4v) is 2.79. The number of nitrogens with zero attached hydrogens (tertiary/aromatic N) is 2. The van der Waals surface area contributed by atoms with E-state index in [9.17, 15) is 14.7 Å². The highest BCUT2D eigenvalue weighted by Gasteiger charge is 2.36. The Morgan fingerprint density at radius 1 is 1.36 bits per heavy atom. The van der Waals surface area contributed by atoms with Crippen LogP contribution in [0, 0.1) is 5.92 Å². The van der Waals surface area contributed by atoms with Gasteiger partial charge in [-0.05, 0) is 31.2 Å². The van der Waals surface area contributed by atoms with E-state index in [1.807, 2.05) is 19.1 Å². The van der Waals surface area contributed by atoms with Crippen molar-refractivity contribution in [1.82, 2.24) is 4.98 Å². The van der Waals surface area contributed by atoms with Crippen molar-refractivity contribution in [3.05, 3.63) is 42.6 Å². The summed E-state index contributed by atoms with van der Waals surface area (Å²) in [6.07, 6.45) is 1.57. The number of para-hydroxylation sites is 2. The summed E-state index contributed by atoms with van der Waals surface area (Å²) in [6, 6.07) is 10.3. The second-order valence-electron chi connectivity index (χ2n) is 5.67. The van der Waals surface area contributed by atoms with Crippen LogP contribution < -0.4 is 15.0 Å². The van der Waals surface area contributed by atoms with Crippen LogP contribution in [0.2, 0.25) is 0 Å². The quantitative estimate of drug-likeness (QED) is 0.870. The Morgan fingerprint density at radius 3 is 2.92 bits per heavy atom. The van der Waals surface area contributed by atoms with E-state index < -0.39 is 5.92 Å². The Morgan fingerprint density at radius 2 is 2.16 bits per heavy atom. The first-order valence-corrected chi connectivity index (χ1v) is 8.07. The van der Waals surface area contributed by atoms with Gasteiger partial charge in [-0.1, -0.05) is 12.1 Å². The fraction of sp³-hybridized carbons (Fsp3) is 0.278. The van der Waals surface area contributed by atoms with Crippen LogP contribution in [0.3, 0.4) is 0 Å². The summed E-state index contributed by atoms with van der Waals surface area (Å²) in [4.78, 5) is 30.3. The van der Waals surface area contributed by atoms with E-state index in [0.29, 0.717) is 18.0 Å². The monoisotopic (exact) mass is 341 g/mol. The molecule has 2 heterocycles. The van der Waals surface area contributed by atoms with E-state index in [0.717, 1.165) is 0 Å². The number of pyridine rings is 1. The number of benzene rings is 1. The van der Waals surface area contributed by atoms with Crippen molar-refractivity contribution >= 4 is 23.3 Å². The van der Waals surface area contributed by atoms with Crippen molar-refractivity contribution in [3.63, 3.8) is 0 Å². The van der Waals surface area contributed by atoms with E-state index in [1.54, 1.807) is 23.1 Å². The van der Waals surface area contributed by atoms with Gasteiger partial charge in [0.15, 0.2) is 11.6 Å². The van der Waals surface area contributed by atoms with Gasteiger partial charge in [0.2, 0.25) is 11.8 Å². The van der Waals surface area contributed by atoms with Crippen LogP contribution in [-0.2, 0) is 9.59 Å². The molecule has 1 aliphatic rings. The third kappa shape index (κ3) is 3.55. The van der Waals surface area contributed by atoms with Crippen molar-refractivity contribution in [2.45, 2.75) is 13.3 Å². The molecule has 1 aliphatic heterocycles. The number of hydrogen-bond acceptors (Lipinski definition) is 5. The van der Waals surface area contributed by atoms with Gasteiger partial charge in [-0.2, -0.15) is 0 Å². The summed E-state index contributed by atoms with van der Waals surface area (Å²) in [5, 5.41) is 12.3. The number of rotatable bonds is 5. The standard InChI is InChI=1S/C18H19N3O4/c1-2-25-15-8-4-3-6-13(15)21-11-12(10-16(21)23)18(24)20-17-14(22)7-5-9-19-17/h3-9,12,22H,2,10-11H2,1H3,(H,19,20,24)/t12-/m1/s1. The molecule has 130 valence electrons. The maximum absolute atomic E-state index is 12.4. The second-order valence-corrected chi connectivity index (χ2v) is 5.67. The molecule has 0 unspecified atom stereocenters. The molecule has 1 aromatic carbocycles. The molecule has 0 spiro atoms. The molecule has 1 fully saturated rings. The molecule has 2 amide bonds. The van der Waals surface area contributed by atoms with E-state index in [2.05, 4.69) is 10.3 Å². The van der Waals surface area contributed by atoms with Gasteiger partial charge in [-0.15, -0.1) is 0 Å². The van der Waals surface area contributed by atoms with Gasteiger partial charge in [-0.3, -0.25) is 9.59 Å². The minimum absolute atomic E-state index is 0.0908. The molecule has 25 heavy (non-hydrogen) atoms. The molecule has 3 rings (SSSR count). The zero-order chi connectivity index (χ0) is 17.8. The molecular weight excluding hydrogens is 322 g/mol. The number of anilines is 2.